The van der Waals surface area contributed by atoms with Crippen molar-refractivity contribution in [1.82, 2.24) is 4.90 Å². The van der Waals surface area contributed by atoms with E-state index in [1.807, 2.05) is 19.1 Å². The van der Waals surface area contributed by atoms with Gasteiger partial charge in [0.1, 0.15) is 11.6 Å². The number of hydrogen-bond donors (Lipinski definition) is 2. The SMILES string of the molecule is CCN(CCc1ccc(OC)cc1)CC(C)C(N)=NO. The van der Waals surface area contributed by atoms with Crippen molar-refractivity contribution >= 4 is 5.84 Å². The predicted molar refractivity (Wildman–Crippen MR) is 81.4 cm³/mol. The standard InChI is InChI=1S/C15H25N3O2/c1-4-18(11-12(2)15(16)17-19)10-9-13-5-7-14(20-3)8-6-13/h5-8,12,19H,4,9-11H2,1-3H3,(H2,16,17). The number of benzene rings is 1. The van der Waals surface area contributed by atoms with Crippen LogP contribution in [0.4, 0.5) is 0 Å². The number of oxime groups is 1. The second kappa shape index (κ2) is 8.43. The molecule has 0 aliphatic rings. The summed E-state index contributed by atoms with van der Waals surface area (Å²) in [5.74, 6) is 1.21. The molecule has 1 aromatic rings. The molecule has 1 rings (SSSR count). The van der Waals surface area contributed by atoms with Crippen LogP contribution in [0.2, 0.25) is 0 Å². The van der Waals surface area contributed by atoms with E-state index in [1.54, 1.807) is 7.11 Å². The number of nitrogens with two attached hydrogens (primary N) is 1. The summed E-state index contributed by atoms with van der Waals surface area (Å²) in [6, 6.07) is 8.12. The lowest BCUT2D eigenvalue weighted by Crippen LogP contribution is -2.36. The molecule has 3 N–H and O–H groups in total. The summed E-state index contributed by atoms with van der Waals surface area (Å²) < 4.78 is 5.15. The van der Waals surface area contributed by atoms with E-state index in [0.29, 0.717) is 0 Å². The Labute approximate surface area is 121 Å². The molecule has 112 valence electrons. The number of ether oxygens (including phenoxy) is 1. The van der Waals surface area contributed by atoms with Crippen LogP contribution in [0.25, 0.3) is 0 Å². The number of likely N-dealkylation sites (N-methyl/N-ethyl adjacent to an activating group) is 1. The first-order valence-electron chi connectivity index (χ1n) is 6.93. The monoisotopic (exact) mass is 279 g/mol. The van der Waals surface area contributed by atoms with Crippen LogP contribution in [0.5, 0.6) is 5.75 Å². The lowest BCUT2D eigenvalue weighted by atomic mass is 10.1. The Balaban J connectivity index is 2.48. The molecule has 0 heterocycles. The highest BCUT2D eigenvalue weighted by molar-refractivity contribution is 5.82. The average Bonchev–Trinajstić information content (AvgIpc) is 2.50. The minimum absolute atomic E-state index is 0.0517. The van der Waals surface area contributed by atoms with Crippen LogP contribution >= 0.6 is 0 Å². The molecule has 1 atom stereocenters. The molecular formula is C15H25N3O2. The van der Waals surface area contributed by atoms with Crippen molar-refractivity contribution in [3.8, 4) is 5.75 Å². The van der Waals surface area contributed by atoms with E-state index < -0.39 is 0 Å². The Kier molecular flexibility index (Phi) is 6.87. The first kappa shape index (κ1) is 16.3. The molecule has 0 saturated heterocycles. The molecule has 20 heavy (non-hydrogen) atoms. The van der Waals surface area contributed by atoms with Gasteiger partial charge in [-0.15, -0.1) is 0 Å². The molecule has 1 unspecified atom stereocenters. The third-order valence-electron chi connectivity index (χ3n) is 3.48. The van der Waals surface area contributed by atoms with Gasteiger partial charge in [-0.25, -0.2) is 0 Å². The highest BCUT2D eigenvalue weighted by Gasteiger charge is 2.12. The van der Waals surface area contributed by atoms with E-state index in [-0.39, 0.29) is 11.8 Å². The van der Waals surface area contributed by atoms with Crippen molar-refractivity contribution in [2.24, 2.45) is 16.8 Å². The molecule has 0 saturated carbocycles. The molecule has 1 aromatic carbocycles. The summed E-state index contributed by atoms with van der Waals surface area (Å²) in [7, 11) is 1.67. The van der Waals surface area contributed by atoms with Gasteiger partial charge in [-0.2, -0.15) is 0 Å². The summed E-state index contributed by atoms with van der Waals surface area (Å²) >= 11 is 0. The second-order valence-electron chi connectivity index (χ2n) is 4.92. The largest absolute Gasteiger partial charge is 0.497 e. The fourth-order valence-corrected chi connectivity index (χ4v) is 2.04. The number of amidine groups is 1. The Bertz CT molecular complexity index is 418. The number of nitrogens with zero attached hydrogens (tertiary/aromatic N) is 2. The van der Waals surface area contributed by atoms with Crippen molar-refractivity contribution in [2.45, 2.75) is 20.3 Å². The Hall–Kier alpha value is -1.75. The summed E-state index contributed by atoms with van der Waals surface area (Å²) in [6.07, 6.45) is 0.973. The van der Waals surface area contributed by atoms with Gasteiger partial charge in [-0.3, -0.25) is 0 Å². The third-order valence-corrected chi connectivity index (χ3v) is 3.48. The number of methoxy groups -OCH3 is 1. The lowest BCUT2D eigenvalue weighted by Gasteiger charge is -2.23. The maximum Gasteiger partial charge on any atom is 0.143 e. The molecule has 0 spiro atoms. The smallest absolute Gasteiger partial charge is 0.143 e. The van der Waals surface area contributed by atoms with Crippen LogP contribution in [0, 0.1) is 5.92 Å². The fourth-order valence-electron chi connectivity index (χ4n) is 2.04. The first-order valence-corrected chi connectivity index (χ1v) is 6.93. The van der Waals surface area contributed by atoms with Crippen molar-refractivity contribution < 1.29 is 9.94 Å². The number of hydrogen-bond acceptors (Lipinski definition) is 4. The minimum Gasteiger partial charge on any atom is -0.497 e. The molecule has 5 heteroatoms. The molecule has 0 bridgehead atoms. The Morgan fingerprint density at radius 3 is 2.55 bits per heavy atom. The van der Waals surface area contributed by atoms with E-state index in [9.17, 15) is 0 Å². The van der Waals surface area contributed by atoms with Gasteiger partial charge >= 0.3 is 0 Å². The van der Waals surface area contributed by atoms with E-state index in [1.165, 1.54) is 5.56 Å². The summed E-state index contributed by atoms with van der Waals surface area (Å²) in [6.45, 7) is 6.77. The van der Waals surface area contributed by atoms with Gasteiger partial charge in [0.05, 0.1) is 7.11 Å². The van der Waals surface area contributed by atoms with Gasteiger partial charge in [0.15, 0.2) is 0 Å². The van der Waals surface area contributed by atoms with Gasteiger partial charge in [0, 0.05) is 19.0 Å². The minimum atomic E-state index is 0.0517. The molecule has 0 radical (unpaired) electrons. The van der Waals surface area contributed by atoms with E-state index >= 15 is 0 Å². The highest BCUT2D eigenvalue weighted by atomic mass is 16.5. The van der Waals surface area contributed by atoms with Gasteiger partial charge in [-0.05, 0) is 30.7 Å². The summed E-state index contributed by atoms with van der Waals surface area (Å²) in [4.78, 5) is 2.30. The summed E-state index contributed by atoms with van der Waals surface area (Å²) in [5, 5.41) is 11.7. The van der Waals surface area contributed by atoms with Crippen molar-refractivity contribution in [2.75, 3.05) is 26.7 Å². The van der Waals surface area contributed by atoms with E-state index in [0.717, 1.165) is 31.8 Å². The molecule has 0 aliphatic heterocycles. The second-order valence-corrected chi connectivity index (χ2v) is 4.92. The molecular weight excluding hydrogens is 254 g/mol. The zero-order chi connectivity index (χ0) is 15.0. The molecule has 0 fully saturated rings. The topological polar surface area (TPSA) is 71.1 Å². The maximum atomic E-state index is 8.68. The average molecular weight is 279 g/mol. The van der Waals surface area contributed by atoms with Gasteiger partial charge in [-0.1, -0.05) is 31.1 Å². The van der Waals surface area contributed by atoms with Crippen LogP contribution < -0.4 is 10.5 Å². The van der Waals surface area contributed by atoms with Gasteiger partial charge in [0.2, 0.25) is 0 Å². The Morgan fingerprint density at radius 2 is 2.05 bits per heavy atom. The quantitative estimate of drug-likeness (QED) is 0.330. The van der Waals surface area contributed by atoms with Crippen LogP contribution in [0.15, 0.2) is 29.4 Å². The highest BCUT2D eigenvalue weighted by Crippen LogP contribution is 2.12. The van der Waals surface area contributed by atoms with Crippen molar-refractivity contribution in [3.63, 3.8) is 0 Å². The third kappa shape index (κ3) is 5.09. The van der Waals surface area contributed by atoms with Gasteiger partial charge < -0.3 is 20.6 Å². The van der Waals surface area contributed by atoms with Crippen LogP contribution in [0.3, 0.4) is 0 Å². The van der Waals surface area contributed by atoms with Crippen molar-refractivity contribution in [1.29, 1.82) is 0 Å². The van der Waals surface area contributed by atoms with Gasteiger partial charge in [0.25, 0.3) is 0 Å². The Morgan fingerprint density at radius 1 is 1.40 bits per heavy atom. The van der Waals surface area contributed by atoms with Crippen LogP contribution in [0.1, 0.15) is 19.4 Å². The zero-order valence-corrected chi connectivity index (χ0v) is 12.5. The molecule has 5 nitrogen and oxygen atoms in total. The summed E-state index contributed by atoms with van der Waals surface area (Å²) in [5.41, 5.74) is 6.90. The first-order chi connectivity index (χ1) is 9.60. The normalized spacial score (nSPS) is 13.5. The van der Waals surface area contributed by atoms with Crippen molar-refractivity contribution in [3.05, 3.63) is 29.8 Å². The lowest BCUT2D eigenvalue weighted by molar-refractivity contribution is 0.267. The van der Waals surface area contributed by atoms with E-state index in [2.05, 4.69) is 29.1 Å². The van der Waals surface area contributed by atoms with Crippen LogP contribution in [-0.4, -0.2) is 42.7 Å². The molecule has 0 aromatic heterocycles. The molecule has 0 amide bonds. The zero-order valence-electron chi connectivity index (χ0n) is 12.5. The fraction of sp³-hybridized carbons (Fsp3) is 0.533. The van der Waals surface area contributed by atoms with Crippen LogP contribution in [-0.2, 0) is 6.42 Å². The predicted octanol–water partition coefficient (Wildman–Crippen LogP) is 1.94. The molecule has 0 aliphatic carbocycles. The maximum absolute atomic E-state index is 8.68. The number of rotatable bonds is 8. The van der Waals surface area contributed by atoms with E-state index in [4.69, 9.17) is 15.7 Å².